The SMILES string of the molecule is CC1=C(C)OC2(CCCC(c3ccc4c(c3)Oc3ccccc3C43OC(C)=C(C)O3)C2)O1. The quantitative estimate of drug-likeness (QED) is 0.488. The standard InChI is InChI=1S/C27H28O5/c1-16-17(2)30-26(29-16)13-7-8-21(15-26)20-11-12-23-25(14-20)28-24-10-6-5-9-22(24)27(23)31-18(3)19(4)32-27/h5-6,9-12,14,21H,7-8,13,15H2,1-4H3. The lowest BCUT2D eigenvalue weighted by atomic mass is 9.79. The van der Waals surface area contributed by atoms with Gasteiger partial charge >= 0.3 is 5.79 Å². The molecule has 1 atom stereocenters. The first-order valence-corrected chi connectivity index (χ1v) is 11.4. The largest absolute Gasteiger partial charge is 0.456 e. The van der Waals surface area contributed by atoms with E-state index in [-0.39, 0.29) is 0 Å². The summed E-state index contributed by atoms with van der Waals surface area (Å²) in [4.78, 5) is 0. The molecular formula is C27H28O5. The van der Waals surface area contributed by atoms with Gasteiger partial charge in [0.05, 0.1) is 11.1 Å². The predicted octanol–water partition coefficient (Wildman–Crippen LogP) is 6.94. The third-order valence-electron chi connectivity index (χ3n) is 7.22. The molecule has 1 unspecified atom stereocenters. The van der Waals surface area contributed by atoms with Crippen molar-refractivity contribution in [3.05, 3.63) is 82.2 Å². The van der Waals surface area contributed by atoms with Crippen LogP contribution in [0.25, 0.3) is 0 Å². The molecule has 0 N–H and O–H groups in total. The number of fused-ring (bicyclic) bond motifs is 4. The van der Waals surface area contributed by atoms with E-state index in [9.17, 15) is 0 Å². The molecule has 32 heavy (non-hydrogen) atoms. The van der Waals surface area contributed by atoms with Gasteiger partial charge in [0.2, 0.25) is 0 Å². The normalized spacial score (nSPS) is 24.3. The maximum Gasteiger partial charge on any atom is 0.312 e. The summed E-state index contributed by atoms with van der Waals surface area (Å²) < 4.78 is 31.5. The van der Waals surface area contributed by atoms with Gasteiger partial charge in [-0.3, -0.25) is 0 Å². The molecule has 1 aliphatic carbocycles. The van der Waals surface area contributed by atoms with Crippen LogP contribution in [-0.4, -0.2) is 5.79 Å². The molecular weight excluding hydrogens is 404 g/mol. The van der Waals surface area contributed by atoms with E-state index in [1.165, 1.54) is 5.56 Å². The average Bonchev–Trinajstić information content (AvgIpc) is 3.22. The average molecular weight is 433 g/mol. The van der Waals surface area contributed by atoms with E-state index in [4.69, 9.17) is 23.7 Å². The predicted molar refractivity (Wildman–Crippen MR) is 119 cm³/mol. The smallest absolute Gasteiger partial charge is 0.312 e. The summed E-state index contributed by atoms with van der Waals surface area (Å²) in [6.45, 7) is 7.85. The van der Waals surface area contributed by atoms with Gasteiger partial charge < -0.3 is 23.7 Å². The Kier molecular flexibility index (Phi) is 4.11. The summed E-state index contributed by atoms with van der Waals surface area (Å²) in [7, 11) is 0. The number of benzene rings is 2. The van der Waals surface area contributed by atoms with Crippen LogP contribution < -0.4 is 4.74 Å². The van der Waals surface area contributed by atoms with Crippen LogP contribution in [0.3, 0.4) is 0 Å². The van der Waals surface area contributed by atoms with Crippen LogP contribution in [-0.2, 0) is 24.7 Å². The molecule has 166 valence electrons. The van der Waals surface area contributed by atoms with Crippen LogP contribution in [0.5, 0.6) is 11.5 Å². The van der Waals surface area contributed by atoms with E-state index in [0.29, 0.717) is 5.92 Å². The molecule has 0 radical (unpaired) electrons. The molecule has 5 nitrogen and oxygen atoms in total. The van der Waals surface area contributed by atoms with Gasteiger partial charge in [0.1, 0.15) is 34.5 Å². The minimum Gasteiger partial charge on any atom is -0.456 e. The fourth-order valence-corrected chi connectivity index (χ4v) is 5.45. The lowest BCUT2D eigenvalue weighted by molar-refractivity contribution is -0.177. The summed E-state index contributed by atoms with van der Waals surface area (Å²) in [5.41, 5.74) is 3.01. The van der Waals surface area contributed by atoms with Gasteiger partial charge in [0.25, 0.3) is 5.79 Å². The van der Waals surface area contributed by atoms with Crippen LogP contribution in [0.2, 0.25) is 0 Å². The van der Waals surface area contributed by atoms with E-state index in [1.54, 1.807) is 0 Å². The van der Waals surface area contributed by atoms with Gasteiger partial charge in [-0.05, 0) is 76.3 Å². The second-order valence-electron chi connectivity index (χ2n) is 9.31. The van der Waals surface area contributed by atoms with E-state index >= 15 is 0 Å². The van der Waals surface area contributed by atoms with Crippen molar-refractivity contribution in [2.75, 3.05) is 0 Å². The third-order valence-corrected chi connectivity index (χ3v) is 7.22. The Labute approximate surface area is 188 Å². The van der Waals surface area contributed by atoms with Crippen molar-refractivity contribution < 1.29 is 23.7 Å². The van der Waals surface area contributed by atoms with Crippen molar-refractivity contribution in [2.45, 2.75) is 70.9 Å². The molecule has 6 rings (SSSR count). The minimum atomic E-state index is -1.000. The fourth-order valence-electron chi connectivity index (χ4n) is 5.45. The first-order chi connectivity index (χ1) is 15.4. The van der Waals surface area contributed by atoms with Crippen molar-refractivity contribution >= 4 is 0 Å². The van der Waals surface area contributed by atoms with E-state index in [2.05, 4.69) is 18.2 Å². The molecule has 1 saturated carbocycles. The van der Waals surface area contributed by atoms with Crippen LogP contribution in [0.1, 0.15) is 76.0 Å². The Morgan fingerprint density at radius 1 is 0.750 bits per heavy atom. The van der Waals surface area contributed by atoms with Gasteiger partial charge in [-0.2, -0.15) is 0 Å². The molecule has 3 aliphatic heterocycles. The monoisotopic (exact) mass is 432 g/mol. The molecule has 2 spiro atoms. The second-order valence-corrected chi connectivity index (χ2v) is 9.31. The second kappa shape index (κ2) is 6.71. The maximum absolute atomic E-state index is 6.37. The number of allylic oxidation sites excluding steroid dienone is 4. The Bertz CT molecular complexity index is 1150. The van der Waals surface area contributed by atoms with Crippen LogP contribution >= 0.6 is 0 Å². The molecule has 0 bridgehead atoms. The number of rotatable bonds is 1. The maximum atomic E-state index is 6.37. The van der Waals surface area contributed by atoms with Gasteiger partial charge in [-0.25, -0.2) is 0 Å². The fraction of sp³-hybridized carbons (Fsp3) is 0.407. The highest BCUT2D eigenvalue weighted by atomic mass is 16.7. The topological polar surface area (TPSA) is 46.2 Å². The number of hydrogen-bond donors (Lipinski definition) is 0. The van der Waals surface area contributed by atoms with Crippen LogP contribution in [0.4, 0.5) is 0 Å². The zero-order valence-corrected chi connectivity index (χ0v) is 19.0. The Balaban J connectivity index is 1.37. The molecule has 2 aromatic carbocycles. The molecule has 2 aromatic rings. The molecule has 0 saturated heterocycles. The minimum absolute atomic E-state index is 0.330. The first kappa shape index (κ1) is 19.6. The lowest BCUT2D eigenvalue weighted by Crippen LogP contribution is -2.36. The summed E-state index contributed by atoms with van der Waals surface area (Å²) in [5, 5.41) is 0. The van der Waals surface area contributed by atoms with Crippen molar-refractivity contribution in [3.63, 3.8) is 0 Å². The zero-order chi connectivity index (χ0) is 22.1. The Hall–Kier alpha value is -3.08. The summed E-state index contributed by atoms with van der Waals surface area (Å²) in [6, 6.07) is 14.4. The van der Waals surface area contributed by atoms with Crippen molar-refractivity contribution in [2.24, 2.45) is 0 Å². The molecule has 1 fully saturated rings. The number of hydrogen-bond acceptors (Lipinski definition) is 5. The highest BCUT2D eigenvalue weighted by molar-refractivity contribution is 5.56. The third kappa shape index (κ3) is 2.76. The molecule has 3 heterocycles. The Morgan fingerprint density at radius 3 is 2.16 bits per heavy atom. The molecule has 4 aliphatic rings. The summed E-state index contributed by atoms with van der Waals surface area (Å²) in [5.74, 6) is 3.71. The van der Waals surface area contributed by atoms with Gasteiger partial charge in [-0.1, -0.05) is 18.2 Å². The van der Waals surface area contributed by atoms with Gasteiger partial charge in [0.15, 0.2) is 0 Å². The van der Waals surface area contributed by atoms with Crippen LogP contribution in [0, 0.1) is 0 Å². The first-order valence-electron chi connectivity index (χ1n) is 11.4. The lowest BCUT2D eigenvalue weighted by Gasteiger charge is -2.38. The van der Waals surface area contributed by atoms with Crippen molar-refractivity contribution in [3.8, 4) is 11.5 Å². The van der Waals surface area contributed by atoms with E-state index in [1.807, 2.05) is 52.0 Å². The van der Waals surface area contributed by atoms with Gasteiger partial charge in [-0.15, -0.1) is 0 Å². The zero-order valence-electron chi connectivity index (χ0n) is 19.0. The highest BCUT2D eigenvalue weighted by Gasteiger charge is 2.51. The highest BCUT2D eigenvalue weighted by Crippen LogP contribution is 2.55. The molecule has 0 amide bonds. The molecule has 0 aromatic heterocycles. The van der Waals surface area contributed by atoms with Crippen molar-refractivity contribution in [1.29, 1.82) is 0 Å². The molecule has 5 heteroatoms. The summed E-state index contributed by atoms with van der Waals surface area (Å²) >= 11 is 0. The van der Waals surface area contributed by atoms with Crippen molar-refractivity contribution in [1.82, 2.24) is 0 Å². The van der Waals surface area contributed by atoms with Crippen LogP contribution in [0.15, 0.2) is 65.5 Å². The summed E-state index contributed by atoms with van der Waals surface area (Å²) in [6.07, 6.45) is 3.90. The van der Waals surface area contributed by atoms with Gasteiger partial charge in [0, 0.05) is 12.8 Å². The number of ether oxygens (including phenoxy) is 5. The van der Waals surface area contributed by atoms with E-state index in [0.717, 1.165) is 71.3 Å². The number of para-hydroxylation sites is 1. The Morgan fingerprint density at radius 2 is 1.41 bits per heavy atom. The van der Waals surface area contributed by atoms with E-state index < -0.39 is 11.6 Å².